The number of nitrogens with one attached hydrogen (secondary N) is 1. The van der Waals surface area contributed by atoms with Gasteiger partial charge in [-0.05, 0) is 18.3 Å². The molecule has 5 nitrogen and oxygen atoms in total. The number of hydrogen-bond donors (Lipinski definition) is 2. The average Bonchev–Trinajstić information content (AvgIpc) is 2.34. The van der Waals surface area contributed by atoms with E-state index in [1.807, 2.05) is 0 Å². The molecule has 1 fully saturated rings. The lowest BCUT2D eigenvalue weighted by atomic mass is 9.72. The Hall–Kier alpha value is -1.47. The number of rotatable bonds is 5. The molecule has 0 aromatic carbocycles. The van der Waals surface area contributed by atoms with Crippen LogP contribution in [0.4, 0.5) is 18.0 Å². The first-order valence-electron chi connectivity index (χ1n) is 6.91. The monoisotopic (exact) mass is 310 g/mol. The summed E-state index contributed by atoms with van der Waals surface area (Å²) in [6.45, 7) is -1.23. The number of amides is 2. The molecular weight excluding hydrogens is 289 g/mol. The van der Waals surface area contributed by atoms with Gasteiger partial charge in [-0.1, -0.05) is 19.3 Å². The highest BCUT2D eigenvalue weighted by Gasteiger charge is 2.36. The topological polar surface area (TPSA) is 69.6 Å². The quantitative estimate of drug-likeness (QED) is 0.820. The van der Waals surface area contributed by atoms with Crippen LogP contribution in [0.25, 0.3) is 0 Å². The number of carbonyl (C=O) groups is 2. The van der Waals surface area contributed by atoms with Crippen LogP contribution in [0.3, 0.4) is 0 Å². The van der Waals surface area contributed by atoms with Crippen LogP contribution in [-0.4, -0.2) is 48.3 Å². The summed E-state index contributed by atoms with van der Waals surface area (Å²) in [5.41, 5.74) is -0.543. The largest absolute Gasteiger partial charge is 0.481 e. The predicted molar refractivity (Wildman–Crippen MR) is 69.9 cm³/mol. The van der Waals surface area contributed by atoms with Crippen molar-refractivity contribution in [1.82, 2.24) is 10.2 Å². The Kier molecular flexibility index (Phi) is 5.86. The Balaban J connectivity index is 2.56. The van der Waals surface area contributed by atoms with Gasteiger partial charge in [0.15, 0.2) is 0 Å². The maximum Gasteiger partial charge on any atom is 0.406 e. The normalized spacial score (nSPS) is 18.1. The summed E-state index contributed by atoms with van der Waals surface area (Å²) in [6, 6.07) is -0.831. The van der Waals surface area contributed by atoms with E-state index >= 15 is 0 Å². The van der Waals surface area contributed by atoms with Crippen LogP contribution < -0.4 is 5.32 Å². The van der Waals surface area contributed by atoms with E-state index in [4.69, 9.17) is 5.11 Å². The van der Waals surface area contributed by atoms with Crippen LogP contribution >= 0.6 is 0 Å². The Bertz CT molecular complexity index is 379. The summed E-state index contributed by atoms with van der Waals surface area (Å²) in [4.78, 5) is 23.2. The molecule has 2 amide bonds. The van der Waals surface area contributed by atoms with Crippen LogP contribution in [0.15, 0.2) is 0 Å². The van der Waals surface area contributed by atoms with Crippen molar-refractivity contribution in [2.45, 2.75) is 44.7 Å². The van der Waals surface area contributed by atoms with E-state index in [0.29, 0.717) is 17.7 Å². The fourth-order valence-corrected chi connectivity index (χ4v) is 2.78. The maximum atomic E-state index is 12.2. The van der Waals surface area contributed by atoms with Crippen molar-refractivity contribution in [2.24, 2.45) is 5.41 Å². The van der Waals surface area contributed by atoms with E-state index in [1.54, 1.807) is 0 Å². The smallest absolute Gasteiger partial charge is 0.406 e. The number of urea groups is 1. The number of aliphatic carboxylic acids is 1. The molecule has 0 radical (unpaired) electrons. The second kappa shape index (κ2) is 7.00. The average molecular weight is 310 g/mol. The van der Waals surface area contributed by atoms with Crippen molar-refractivity contribution in [3.8, 4) is 0 Å². The summed E-state index contributed by atoms with van der Waals surface area (Å²) in [5, 5.41) is 11.4. The minimum absolute atomic E-state index is 0.0731. The molecule has 0 unspecified atom stereocenters. The van der Waals surface area contributed by atoms with Crippen LogP contribution in [0, 0.1) is 5.41 Å². The summed E-state index contributed by atoms with van der Waals surface area (Å²) in [7, 11) is 1.06. The second-order valence-corrected chi connectivity index (χ2v) is 5.76. The van der Waals surface area contributed by atoms with E-state index in [-0.39, 0.29) is 13.0 Å². The molecule has 0 heterocycles. The van der Waals surface area contributed by atoms with Gasteiger partial charge in [0.2, 0.25) is 0 Å². The summed E-state index contributed by atoms with van der Waals surface area (Å²) >= 11 is 0. The number of nitrogens with zero attached hydrogens (tertiary/aromatic N) is 1. The van der Waals surface area contributed by atoms with Gasteiger partial charge in [-0.2, -0.15) is 13.2 Å². The highest BCUT2D eigenvalue weighted by molar-refractivity contribution is 5.74. The Morgan fingerprint density at radius 2 is 1.81 bits per heavy atom. The van der Waals surface area contributed by atoms with E-state index in [9.17, 15) is 22.8 Å². The van der Waals surface area contributed by atoms with E-state index in [0.717, 1.165) is 26.3 Å². The van der Waals surface area contributed by atoms with Crippen molar-refractivity contribution in [3.05, 3.63) is 0 Å². The minimum atomic E-state index is -4.45. The zero-order chi connectivity index (χ0) is 16.1. The van der Waals surface area contributed by atoms with Gasteiger partial charge in [-0.15, -0.1) is 0 Å². The van der Waals surface area contributed by atoms with Gasteiger partial charge >= 0.3 is 18.2 Å². The van der Waals surface area contributed by atoms with Crippen LogP contribution in [-0.2, 0) is 4.79 Å². The Morgan fingerprint density at radius 1 is 1.24 bits per heavy atom. The SMILES string of the molecule is CN(CC(F)(F)F)C(=O)NCC1(CC(=O)O)CCCCC1. The number of carboxylic acid groups (broad SMARTS) is 1. The van der Waals surface area contributed by atoms with Crippen molar-refractivity contribution in [1.29, 1.82) is 0 Å². The lowest BCUT2D eigenvalue weighted by molar-refractivity contribution is -0.140. The van der Waals surface area contributed by atoms with Gasteiger partial charge in [0, 0.05) is 13.6 Å². The highest BCUT2D eigenvalue weighted by atomic mass is 19.4. The fourth-order valence-electron chi connectivity index (χ4n) is 2.78. The van der Waals surface area contributed by atoms with Crippen molar-refractivity contribution < 1.29 is 27.9 Å². The summed E-state index contributed by atoms with van der Waals surface area (Å²) in [6.07, 6.45) is -0.413. The van der Waals surface area contributed by atoms with Crippen molar-refractivity contribution >= 4 is 12.0 Å². The van der Waals surface area contributed by atoms with E-state index in [1.165, 1.54) is 0 Å². The lowest BCUT2D eigenvalue weighted by Crippen LogP contribution is -2.47. The standard InChI is InChI=1S/C13H21F3N2O3/c1-18(9-13(14,15)16)11(21)17-8-12(7-10(19)20)5-3-2-4-6-12/h2-9H2,1H3,(H,17,21)(H,19,20). The molecule has 1 rings (SSSR count). The first-order valence-corrected chi connectivity index (χ1v) is 6.91. The molecule has 1 aliphatic carbocycles. The summed E-state index contributed by atoms with van der Waals surface area (Å²) < 4.78 is 36.6. The van der Waals surface area contributed by atoms with E-state index < -0.39 is 30.1 Å². The minimum Gasteiger partial charge on any atom is -0.481 e. The predicted octanol–water partition coefficient (Wildman–Crippen LogP) is 2.62. The molecule has 0 aliphatic heterocycles. The second-order valence-electron chi connectivity index (χ2n) is 5.76. The Labute approximate surface area is 121 Å². The van der Waals surface area contributed by atoms with Crippen LogP contribution in [0.1, 0.15) is 38.5 Å². The molecule has 0 aromatic heterocycles. The first-order chi connectivity index (χ1) is 9.64. The van der Waals surface area contributed by atoms with Crippen LogP contribution in [0.5, 0.6) is 0 Å². The fraction of sp³-hybridized carbons (Fsp3) is 0.846. The molecule has 2 N–H and O–H groups in total. The molecule has 122 valence electrons. The van der Waals surface area contributed by atoms with Gasteiger partial charge in [-0.3, -0.25) is 4.79 Å². The third-order valence-electron chi connectivity index (χ3n) is 3.82. The van der Waals surface area contributed by atoms with Gasteiger partial charge < -0.3 is 15.3 Å². The molecular formula is C13H21F3N2O3. The van der Waals surface area contributed by atoms with Gasteiger partial charge in [0.1, 0.15) is 6.54 Å². The molecule has 0 saturated heterocycles. The molecule has 0 spiro atoms. The number of hydrogen-bond acceptors (Lipinski definition) is 2. The van der Waals surface area contributed by atoms with Crippen molar-refractivity contribution in [2.75, 3.05) is 20.1 Å². The zero-order valence-corrected chi connectivity index (χ0v) is 12.0. The molecule has 21 heavy (non-hydrogen) atoms. The van der Waals surface area contributed by atoms with Crippen molar-refractivity contribution in [3.63, 3.8) is 0 Å². The first kappa shape index (κ1) is 17.6. The maximum absolute atomic E-state index is 12.2. The Morgan fingerprint density at radius 3 is 2.29 bits per heavy atom. The van der Waals surface area contributed by atoms with Crippen LogP contribution in [0.2, 0.25) is 0 Å². The van der Waals surface area contributed by atoms with Gasteiger partial charge in [0.05, 0.1) is 6.42 Å². The lowest BCUT2D eigenvalue weighted by Gasteiger charge is -2.36. The molecule has 1 aliphatic rings. The zero-order valence-electron chi connectivity index (χ0n) is 12.0. The molecule has 0 atom stereocenters. The third-order valence-corrected chi connectivity index (χ3v) is 3.82. The van der Waals surface area contributed by atoms with E-state index in [2.05, 4.69) is 5.32 Å². The third kappa shape index (κ3) is 6.22. The number of carbonyl (C=O) groups excluding carboxylic acids is 1. The highest BCUT2D eigenvalue weighted by Crippen LogP contribution is 2.38. The number of halogens is 3. The molecule has 0 aromatic rings. The molecule has 1 saturated carbocycles. The van der Waals surface area contributed by atoms with Gasteiger partial charge in [-0.25, -0.2) is 4.79 Å². The number of alkyl halides is 3. The molecule has 0 bridgehead atoms. The molecule has 8 heteroatoms. The van der Waals surface area contributed by atoms with Gasteiger partial charge in [0.25, 0.3) is 0 Å². The summed E-state index contributed by atoms with van der Waals surface area (Å²) in [5.74, 6) is -0.949. The number of carboxylic acids is 1.